The molecule has 1 unspecified atom stereocenters. The fourth-order valence-corrected chi connectivity index (χ4v) is 2.32. The third kappa shape index (κ3) is 2.30. The molecule has 1 aliphatic rings. The van der Waals surface area contributed by atoms with Crippen LogP contribution in [-0.2, 0) is 6.42 Å². The van der Waals surface area contributed by atoms with Crippen molar-refractivity contribution in [2.45, 2.75) is 44.6 Å². The topological polar surface area (TPSA) is 37.8 Å². The van der Waals surface area contributed by atoms with Gasteiger partial charge < -0.3 is 5.32 Å². The molecule has 0 aliphatic heterocycles. The molecule has 0 amide bonds. The van der Waals surface area contributed by atoms with E-state index >= 15 is 0 Å². The highest BCUT2D eigenvalue weighted by Crippen LogP contribution is 2.38. The smallest absolute Gasteiger partial charge is 0.145 e. The van der Waals surface area contributed by atoms with Crippen LogP contribution in [0.15, 0.2) is 0 Å². The van der Waals surface area contributed by atoms with Crippen molar-refractivity contribution in [3.63, 3.8) is 0 Å². The zero-order chi connectivity index (χ0) is 9.97. The number of hydrogen-bond donors (Lipinski definition) is 1. The second kappa shape index (κ2) is 4.36. The van der Waals surface area contributed by atoms with Crippen LogP contribution in [0.5, 0.6) is 0 Å². The Morgan fingerprint density at radius 2 is 2.36 bits per heavy atom. The summed E-state index contributed by atoms with van der Waals surface area (Å²) in [5.74, 6) is 1.78. The summed E-state index contributed by atoms with van der Waals surface area (Å²) in [5.41, 5.74) is 0. The fourth-order valence-electron chi connectivity index (χ4n) is 1.52. The van der Waals surface area contributed by atoms with E-state index in [0.717, 1.165) is 18.7 Å². The maximum absolute atomic E-state index is 4.58. The summed E-state index contributed by atoms with van der Waals surface area (Å²) in [6.07, 6.45) is 4.76. The molecule has 1 saturated carbocycles. The Bertz CT molecular complexity index is 289. The van der Waals surface area contributed by atoms with E-state index in [2.05, 4.69) is 21.6 Å². The zero-order valence-corrected chi connectivity index (χ0v) is 9.60. The lowest BCUT2D eigenvalue weighted by atomic mass is 10.2. The van der Waals surface area contributed by atoms with E-state index in [1.807, 2.05) is 7.05 Å². The summed E-state index contributed by atoms with van der Waals surface area (Å²) >= 11 is 1.58. The maximum Gasteiger partial charge on any atom is 0.145 e. The summed E-state index contributed by atoms with van der Waals surface area (Å²) in [4.78, 5) is 4.58. The average Bonchev–Trinajstić information content (AvgIpc) is 2.96. The normalized spacial score (nSPS) is 18.4. The molecule has 0 radical (unpaired) electrons. The number of aromatic nitrogens is 2. The highest BCUT2D eigenvalue weighted by molar-refractivity contribution is 7.05. The highest BCUT2D eigenvalue weighted by atomic mass is 32.1. The summed E-state index contributed by atoms with van der Waals surface area (Å²) in [6, 6.07) is 0.551. The molecule has 1 aromatic rings. The van der Waals surface area contributed by atoms with Crippen molar-refractivity contribution in [1.29, 1.82) is 0 Å². The predicted octanol–water partition coefficient (Wildman–Crippen LogP) is 1.96. The van der Waals surface area contributed by atoms with Crippen LogP contribution in [0.25, 0.3) is 0 Å². The second-order valence-corrected chi connectivity index (χ2v) is 4.75. The lowest BCUT2D eigenvalue weighted by molar-refractivity contribution is 0.541. The third-order valence-electron chi connectivity index (χ3n) is 2.75. The van der Waals surface area contributed by atoms with Gasteiger partial charge in [-0.05, 0) is 37.8 Å². The van der Waals surface area contributed by atoms with Crippen LogP contribution in [-0.4, -0.2) is 22.4 Å². The van der Waals surface area contributed by atoms with Gasteiger partial charge in [0.05, 0.1) is 0 Å². The number of nitrogens with zero attached hydrogens (tertiary/aromatic N) is 2. The monoisotopic (exact) mass is 211 g/mol. The van der Waals surface area contributed by atoms with Crippen molar-refractivity contribution < 1.29 is 0 Å². The van der Waals surface area contributed by atoms with E-state index < -0.39 is 0 Å². The Morgan fingerprint density at radius 1 is 1.57 bits per heavy atom. The van der Waals surface area contributed by atoms with Crippen molar-refractivity contribution in [3.8, 4) is 0 Å². The van der Waals surface area contributed by atoms with Gasteiger partial charge in [-0.1, -0.05) is 6.92 Å². The minimum absolute atomic E-state index is 0.551. The molecule has 0 spiro atoms. The van der Waals surface area contributed by atoms with E-state index in [-0.39, 0.29) is 0 Å². The van der Waals surface area contributed by atoms with Crippen LogP contribution in [0, 0.1) is 0 Å². The molecule has 0 bridgehead atoms. The van der Waals surface area contributed by atoms with Crippen molar-refractivity contribution in [2.24, 2.45) is 0 Å². The molecule has 0 saturated heterocycles. The quantitative estimate of drug-likeness (QED) is 0.809. The number of likely N-dealkylation sites (N-methyl/N-ethyl adjacent to an activating group) is 1. The fraction of sp³-hybridized carbons (Fsp3) is 0.800. The molecule has 1 fully saturated rings. The standard InChI is InChI=1S/C10H17N3S/c1-3-8(11-2)6-9-12-10(13-14-9)7-4-5-7/h7-8,11H,3-6H2,1-2H3. The largest absolute Gasteiger partial charge is 0.317 e. The molecule has 14 heavy (non-hydrogen) atoms. The molecule has 0 aromatic carbocycles. The van der Waals surface area contributed by atoms with Gasteiger partial charge in [0.15, 0.2) is 0 Å². The van der Waals surface area contributed by atoms with E-state index in [0.29, 0.717) is 12.0 Å². The second-order valence-electron chi connectivity index (χ2n) is 3.92. The van der Waals surface area contributed by atoms with Gasteiger partial charge in [0.25, 0.3) is 0 Å². The minimum Gasteiger partial charge on any atom is -0.317 e. The van der Waals surface area contributed by atoms with Gasteiger partial charge in [0.1, 0.15) is 10.8 Å². The Kier molecular flexibility index (Phi) is 3.13. The first kappa shape index (κ1) is 10.1. The molecule has 1 atom stereocenters. The van der Waals surface area contributed by atoms with Gasteiger partial charge in [-0.15, -0.1) is 0 Å². The summed E-state index contributed by atoms with van der Waals surface area (Å²) in [6.45, 7) is 2.20. The third-order valence-corrected chi connectivity index (χ3v) is 3.50. The number of rotatable bonds is 5. The molecule has 1 heterocycles. The Labute approximate surface area is 89.1 Å². The maximum atomic E-state index is 4.58. The SMILES string of the molecule is CCC(Cc1nc(C2CC2)ns1)NC. The molecule has 4 heteroatoms. The lowest BCUT2D eigenvalue weighted by Crippen LogP contribution is -2.26. The van der Waals surface area contributed by atoms with Gasteiger partial charge in [-0.3, -0.25) is 0 Å². The minimum atomic E-state index is 0.551. The van der Waals surface area contributed by atoms with E-state index in [1.54, 1.807) is 11.5 Å². The average molecular weight is 211 g/mol. The van der Waals surface area contributed by atoms with Crippen LogP contribution in [0.1, 0.15) is 42.9 Å². The molecule has 1 aromatic heterocycles. The van der Waals surface area contributed by atoms with E-state index in [1.165, 1.54) is 17.8 Å². The molecule has 2 rings (SSSR count). The first-order valence-corrected chi connectivity index (χ1v) is 6.10. The first-order valence-electron chi connectivity index (χ1n) is 5.33. The van der Waals surface area contributed by atoms with Gasteiger partial charge in [-0.2, -0.15) is 4.37 Å². The van der Waals surface area contributed by atoms with Crippen LogP contribution < -0.4 is 5.32 Å². The van der Waals surface area contributed by atoms with Crippen molar-refractivity contribution in [1.82, 2.24) is 14.7 Å². The van der Waals surface area contributed by atoms with Crippen LogP contribution in [0.4, 0.5) is 0 Å². The molecule has 78 valence electrons. The predicted molar refractivity (Wildman–Crippen MR) is 58.7 cm³/mol. The van der Waals surface area contributed by atoms with Crippen LogP contribution in [0.3, 0.4) is 0 Å². The molecule has 1 N–H and O–H groups in total. The van der Waals surface area contributed by atoms with Crippen molar-refractivity contribution in [2.75, 3.05) is 7.05 Å². The van der Waals surface area contributed by atoms with E-state index in [4.69, 9.17) is 0 Å². The van der Waals surface area contributed by atoms with Crippen molar-refractivity contribution in [3.05, 3.63) is 10.8 Å². The van der Waals surface area contributed by atoms with Crippen LogP contribution >= 0.6 is 11.5 Å². The Morgan fingerprint density at radius 3 is 2.93 bits per heavy atom. The summed E-state index contributed by atoms with van der Waals surface area (Å²) in [7, 11) is 2.01. The van der Waals surface area contributed by atoms with Gasteiger partial charge in [0, 0.05) is 18.4 Å². The Hall–Kier alpha value is -0.480. The zero-order valence-electron chi connectivity index (χ0n) is 8.79. The Balaban J connectivity index is 1.94. The van der Waals surface area contributed by atoms with Gasteiger partial charge in [-0.25, -0.2) is 4.98 Å². The lowest BCUT2D eigenvalue weighted by Gasteiger charge is -2.10. The number of hydrogen-bond acceptors (Lipinski definition) is 4. The molecular formula is C10H17N3S. The van der Waals surface area contributed by atoms with Gasteiger partial charge >= 0.3 is 0 Å². The van der Waals surface area contributed by atoms with E-state index in [9.17, 15) is 0 Å². The molecule has 1 aliphatic carbocycles. The summed E-state index contributed by atoms with van der Waals surface area (Å²) < 4.78 is 4.40. The van der Waals surface area contributed by atoms with Crippen molar-refractivity contribution >= 4 is 11.5 Å². The molecule has 3 nitrogen and oxygen atoms in total. The first-order chi connectivity index (χ1) is 6.83. The highest BCUT2D eigenvalue weighted by Gasteiger charge is 2.27. The number of nitrogens with one attached hydrogen (secondary N) is 1. The van der Waals surface area contributed by atoms with Gasteiger partial charge in [0.2, 0.25) is 0 Å². The summed E-state index contributed by atoms with van der Waals surface area (Å²) in [5, 5.41) is 4.48. The van der Waals surface area contributed by atoms with Crippen LogP contribution in [0.2, 0.25) is 0 Å². The molecular weight excluding hydrogens is 194 g/mol.